The van der Waals surface area contributed by atoms with Crippen molar-refractivity contribution in [2.75, 3.05) is 0 Å². The minimum atomic E-state index is -1.47. The van der Waals surface area contributed by atoms with Gasteiger partial charge in [0.25, 0.3) is 0 Å². The van der Waals surface area contributed by atoms with E-state index in [2.05, 4.69) is 19.9 Å². The van der Waals surface area contributed by atoms with Crippen molar-refractivity contribution >= 4 is 18.4 Å². The average Bonchev–Trinajstić information content (AvgIpc) is 2.39. The van der Waals surface area contributed by atoms with Crippen molar-refractivity contribution in [1.82, 2.24) is 0 Å². The zero-order chi connectivity index (χ0) is 12.3. The van der Waals surface area contributed by atoms with Crippen LogP contribution in [-0.4, -0.2) is 0 Å². The van der Waals surface area contributed by atoms with E-state index in [9.17, 15) is 4.57 Å². The quantitative estimate of drug-likeness (QED) is 0.753. The van der Waals surface area contributed by atoms with Crippen molar-refractivity contribution in [2.45, 2.75) is 19.8 Å². The smallest absolute Gasteiger partial charge is 0.0619 e. The monoisotopic (exact) mass is 243 g/mol. The third-order valence-electron chi connectivity index (χ3n) is 2.77. The van der Waals surface area contributed by atoms with E-state index in [1.807, 2.05) is 48.5 Å². The SMILES string of the molecule is CC(C)c1ccccc1[P+](=O)c1ccccc1. The minimum absolute atomic E-state index is 0.397. The predicted octanol–water partition coefficient (Wildman–Crippen LogP) is 3.59. The Morgan fingerprint density at radius 3 is 2.12 bits per heavy atom. The summed E-state index contributed by atoms with van der Waals surface area (Å²) in [6, 6.07) is 17.7. The first-order chi connectivity index (χ1) is 8.20. The summed E-state index contributed by atoms with van der Waals surface area (Å²) in [6.07, 6.45) is 0. The first-order valence-corrected chi connectivity index (χ1v) is 7.07. The Hall–Kier alpha value is -1.46. The van der Waals surface area contributed by atoms with Crippen LogP contribution in [0.1, 0.15) is 25.3 Å². The molecule has 1 atom stereocenters. The molecule has 0 aliphatic carbocycles. The molecular weight excluding hydrogens is 227 g/mol. The lowest BCUT2D eigenvalue weighted by Gasteiger charge is -2.04. The fourth-order valence-electron chi connectivity index (χ4n) is 1.86. The van der Waals surface area contributed by atoms with Crippen LogP contribution in [0, 0.1) is 0 Å². The van der Waals surface area contributed by atoms with E-state index in [4.69, 9.17) is 0 Å². The third-order valence-corrected chi connectivity index (χ3v) is 4.38. The molecule has 0 saturated carbocycles. The van der Waals surface area contributed by atoms with E-state index in [0.717, 1.165) is 10.6 Å². The summed E-state index contributed by atoms with van der Waals surface area (Å²) in [4.78, 5) is 0. The highest BCUT2D eigenvalue weighted by molar-refractivity contribution is 7.61. The molecule has 2 rings (SSSR count). The van der Waals surface area contributed by atoms with Crippen LogP contribution in [-0.2, 0) is 4.57 Å². The van der Waals surface area contributed by atoms with Crippen LogP contribution in [0.2, 0.25) is 0 Å². The van der Waals surface area contributed by atoms with Crippen LogP contribution in [0.15, 0.2) is 54.6 Å². The second-order valence-electron chi connectivity index (χ2n) is 4.34. The fraction of sp³-hybridized carbons (Fsp3) is 0.200. The fourth-order valence-corrected chi connectivity index (χ4v) is 3.37. The maximum atomic E-state index is 12.5. The van der Waals surface area contributed by atoms with Gasteiger partial charge in [-0.15, -0.1) is 0 Å². The number of rotatable bonds is 3. The molecule has 0 aliphatic rings. The van der Waals surface area contributed by atoms with Gasteiger partial charge in [-0.2, -0.15) is 0 Å². The van der Waals surface area contributed by atoms with Crippen molar-refractivity contribution in [2.24, 2.45) is 0 Å². The molecule has 0 aromatic heterocycles. The zero-order valence-electron chi connectivity index (χ0n) is 10.1. The molecule has 0 aliphatic heterocycles. The Labute approximate surface area is 103 Å². The maximum Gasteiger partial charge on any atom is 0.415 e. The first kappa shape index (κ1) is 12.0. The number of hydrogen-bond donors (Lipinski definition) is 0. The number of hydrogen-bond acceptors (Lipinski definition) is 1. The molecule has 0 heterocycles. The van der Waals surface area contributed by atoms with Gasteiger partial charge in [0.2, 0.25) is 0 Å². The summed E-state index contributed by atoms with van der Waals surface area (Å²) < 4.78 is 12.5. The van der Waals surface area contributed by atoms with Crippen LogP contribution >= 0.6 is 7.80 Å². The van der Waals surface area contributed by atoms with Gasteiger partial charge in [0.05, 0.1) is 0 Å². The van der Waals surface area contributed by atoms with E-state index in [0.29, 0.717) is 5.92 Å². The van der Waals surface area contributed by atoms with Crippen LogP contribution in [0.3, 0.4) is 0 Å². The van der Waals surface area contributed by atoms with Crippen molar-refractivity contribution < 1.29 is 4.57 Å². The lowest BCUT2D eigenvalue weighted by atomic mass is 10.0. The van der Waals surface area contributed by atoms with Gasteiger partial charge in [-0.25, -0.2) is 0 Å². The molecular formula is C15H16OP+. The van der Waals surface area contributed by atoms with Crippen LogP contribution in [0.5, 0.6) is 0 Å². The molecule has 0 amide bonds. The van der Waals surface area contributed by atoms with Gasteiger partial charge in [-0.3, -0.25) is 0 Å². The maximum absolute atomic E-state index is 12.5. The largest absolute Gasteiger partial charge is 0.415 e. The molecule has 2 aromatic carbocycles. The Kier molecular flexibility index (Phi) is 3.71. The second-order valence-corrected chi connectivity index (χ2v) is 5.93. The molecule has 0 spiro atoms. The summed E-state index contributed by atoms with van der Waals surface area (Å²) >= 11 is 0. The van der Waals surface area contributed by atoms with Crippen molar-refractivity contribution in [3.05, 3.63) is 60.2 Å². The molecule has 0 fully saturated rings. The van der Waals surface area contributed by atoms with Crippen LogP contribution < -0.4 is 10.6 Å². The Morgan fingerprint density at radius 2 is 1.47 bits per heavy atom. The molecule has 0 radical (unpaired) electrons. The van der Waals surface area contributed by atoms with E-state index in [1.54, 1.807) is 0 Å². The molecule has 86 valence electrons. The van der Waals surface area contributed by atoms with Crippen molar-refractivity contribution in [3.8, 4) is 0 Å². The summed E-state index contributed by atoms with van der Waals surface area (Å²) in [5.74, 6) is 0.397. The predicted molar refractivity (Wildman–Crippen MR) is 73.8 cm³/mol. The van der Waals surface area contributed by atoms with Gasteiger partial charge >= 0.3 is 7.80 Å². The Morgan fingerprint density at radius 1 is 0.882 bits per heavy atom. The minimum Gasteiger partial charge on any atom is -0.0619 e. The van der Waals surface area contributed by atoms with Gasteiger partial charge < -0.3 is 0 Å². The first-order valence-electron chi connectivity index (χ1n) is 5.81. The zero-order valence-corrected chi connectivity index (χ0v) is 11.0. The summed E-state index contributed by atoms with van der Waals surface area (Å²) in [7, 11) is -1.47. The Balaban J connectivity index is 2.45. The van der Waals surface area contributed by atoms with Gasteiger partial charge in [0, 0.05) is 5.56 Å². The highest BCUT2D eigenvalue weighted by Gasteiger charge is 2.26. The summed E-state index contributed by atoms with van der Waals surface area (Å²) in [6.45, 7) is 4.26. The van der Waals surface area contributed by atoms with E-state index >= 15 is 0 Å². The van der Waals surface area contributed by atoms with Crippen molar-refractivity contribution in [3.63, 3.8) is 0 Å². The van der Waals surface area contributed by atoms with E-state index in [-0.39, 0.29) is 0 Å². The van der Waals surface area contributed by atoms with Gasteiger partial charge in [-0.1, -0.05) is 54.8 Å². The topological polar surface area (TPSA) is 17.1 Å². The van der Waals surface area contributed by atoms with Gasteiger partial charge in [0.1, 0.15) is 0 Å². The second kappa shape index (κ2) is 5.25. The molecule has 2 heteroatoms. The lowest BCUT2D eigenvalue weighted by molar-refractivity contribution is 0.598. The molecule has 1 unspecified atom stereocenters. The molecule has 0 N–H and O–H groups in total. The van der Waals surface area contributed by atoms with Crippen LogP contribution in [0.4, 0.5) is 0 Å². The average molecular weight is 243 g/mol. The van der Waals surface area contributed by atoms with Crippen molar-refractivity contribution in [1.29, 1.82) is 0 Å². The van der Waals surface area contributed by atoms with E-state index in [1.165, 1.54) is 5.56 Å². The molecule has 0 bridgehead atoms. The van der Waals surface area contributed by atoms with Gasteiger partial charge in [0.15, 0.2) is 10.6 Å². The van der Waals surface area contributed by atoms with E-state index < -0.39 is 7.80 Å². The molecule has 0 saturated heterocycles. The molecule has 1 nitrogen and oxygen atoms in total. The van der Waals surface area contributed by atoms with Crippen LogP contribution in [0.25, 0.3) is 0 Å². The summed E-state index contributed by atoms with van der Waals surface area (Å²) in [5.41, 5.74) is 1.18. The lowest BCUT2D eigenvalue weighted by Crippen LogP contribution is -2.12. The molecule has 2 aromatic rings. The highest BCUT2D eigenvalue weighted by atomic mass is 31.1. The molecule has 17 heavy (non-hydrogen) atoms. The third kappa shape index (κ3) is 2.62. The number of benzene rings is 2. The Bertz CT molecular complexity index is 517. The highest BCUT2D eigenvalue weighted by Crippen LogP contribution is 2.25. The summed E-state index contributed by atoms with van der Waals surface area (Å²) in [5, 5.41) is 1.86. The van der Waals surface area contributed by atoms with Gasteiger partial charge in [-0.05, 0) is 24.1 Å². The standard InChI is InChI=1S/C15H16OP/c1-12(2)14-10-6-7-11-15(14)17(16)13-8-4-3-5-9-13/h3-12H,1-2H3/q+1. The normalized spacial score (nSPS) is 11.6.